The first-order chi connectivity index (χ1) is 74.5. The van der Waals surface area contributed by atoms with Gasteiger partial charge in [0.05, 0.1) is 34.2 Å². The minimum Gasteiger partial charge on any atom is -0.456 e. The molecule has 36 nitrogen and oxygen atoms in total. The van der Waals surface area contributed by atoms with E-state index in [4.69, 9.17) is 74.7 Å². The molecule has 0 aliphatic rings. The molecule has 0 fully saturated rings. The largest absolute Gasteiger partial charge is 0.456 e. The van der Waals surface area contributed by atoms with E-state index in [1.54, 1.807) is 28.1 Å². The zero-order chi connectivity index (χ0) is 113. The highest BCUT2D eigenvalue weighted by Gasteiger charge is 2.36. The summed E-state index contributed by atoms with van der Waals surface area (Å²) in [6, 6.07) is 44.4. The molecule has 6 heterocycles. The van der Waals surface area contributed by atoms with Crippen molar-refractivity contribution in [2.75, 3.05) is 0 Å². The van der Waals surface area contributed by atoms with Gasteiger partial charge in [-0.15, -0.1) is 30.6 Å². The summed E-state index contributed by atoms with van der Waals surface area (Å²) in [5.74, 6) is -0.339. The van der Waals surface area contributed by atoms with Crippen LogP contribution in [0.3, 0.4) is 0 Å². The molecule has 0 N–H and O–H groups in total. The molecule has 6 aromatic carbocycles. The maximum Gasteiger partial charge on any atom is 0.303 e. The summed E-state index contributed by atoms with van der Waals surface area (Å²) in [6.45, 7) is 56.4. The topological polar surface area (TPSA) is 368 Å². The van der Waals surface area contributed by atoms with Crippen LogP contribution in [0.2, 0.25) is 0 Å². The highest BCUT2D eigenvalue weighted by atomic mass is 16.6. The number of aromatic nitrogens is 18. The summed E-state index contributed by atoms with van der Waals surface area (Å²) in [6.07, 6.45) is 27.6. The van der Waals surface area contributed by atoms with E-state index in [9.17, 15) is 28.8 Å². The molecular formula is C114H144N24O12. The summed E-state index contributed by atoms with van der Waals surface area (Å²) >= 11 is 0. The van der Waals surface area contributed by atoms with Gasteiger partial charge in [0.2, 0.25) is 0 Å². The Morgan fingerprint density at radius 3 is 0.587 bits per heavy atom. The van der Waals surface area contributed by atoms with Crippen LogP contribution in [-0.2, 0) is 138 Å². The number of nitrogens with zero attached hydrogens (tertiary/aromatic N) is 24. The summed E-state index contributed by atoms with van der Waals surface area (Å²) in [5, 5.41) is 47.8. The second-order valence-electron chi connectivity index (χ2n) is 37.2. The third-order valence-electron chi connectivity index (χ3n) is 24.9. The van der Waals surface area contributed by atoms with E-state index in [1.807, 2.05) is 266 Å². The van der Waals surface area contributed by atoms with Crippen molar-refractivity contribution in [2.24, 2.45) is 42.3 Å². The van der Waals surface area contributed by atoms with Crippen molar-refractivity contribution >= 4 is 38.2 Å². The zero-order valence-electron chi connectivity index (χ0n) is 93.2. The van der Waals surface area contributed by atoms with Crippen LogP contribution in [0.25, 0.3) is 29.1 Å². The van der Waals surface area contributed by atoms with Crippen LogP contribution >= 0.6 is 0 Å². The number of rotatable bonds is 54. The molecule has 12 rings (SSSR count). The summed E-state index contributed by atoms with van der Waals surface area (Å²) in [4.78, 5) is 89.2. The maximum absolute atomic E-state index is 11.4. The number of ether oxygens (including phenoxy) is 6. The first kappa shape index (κ1) is 113. The molecule has 150 heavy (non-hydrogen) atoms. The highest BCUT2D eigenvalue weighted by Crippen LogP contribution is 2.35. The van der Waals surface area contributed by atoms with Crippen molar-refractivity contribution in [3.8, 4) is 0 Å². The average Bonchev–Trinajstić information content (AvgIpc) is 1.84. The van der Waals surface area contributed by atoms with Gasteiger partial charge in [-0.25, -0.2) is 39.4 Å². The first-order valence-electron chi connectivity index (χ1n) is 53.3. The molecule has 0 saturated carbocycles. The number of carbonyl (C=O) groups is 6. The van der Waals surface area contributed by atoms with Gasteiger partial charge in [0, 0.05) is 120 Å². The van der Waals surface area contributed by atoms with Gasteiger partial charge in [-0.1, -0.05) is 249 Å². The fourth-order valence-corrected chi connectivity index (χ4v) is 16.9. The van der Waals surface area contributed by atoms with Crippen molar-refractivity contribution in [1.82, 2.24) is 90.0 Å². The van der Waals surface area contributed by atoms with E-state index in [-0.39, 0.29) is 5.97 Å². The molecule has 0 spiro atoms. The molecule has 0 aliphatic heterocycles. The third kappa shape index (κ3) is 45.5. The van der Waals surface area contributed by atoms with Crippen LogP contribution in [0.15, 0.2) is 189 Å². The van der Waals surface area contributed by atoms with Gasteiger partial charge in [0.25, 0.3) is 68.5 Å². The maximum atomic E-state index is 11.4. The molecule has 6 aromatic heterocycles. The quantitative estimate of drug-likeness (QED) is 0.0112. The SMILES string of the molecule is [2H]C(=O)OC(CCCCCc1cn(C)nn1)C([N+]#[C-])c1ccc(C)cc1.[2H]C(=O)OC(CCCCCc1cn(C)nn1)C([N+]#[C-])c1ccc(C)cc1.[2H]C(=O)OC(CCCCCc1cn(C)nn1)C([N+]#[C-])c1ccc(C)cc1.[2H]C(=O)OC(CCCCCc1cn(C)nn1)C([N+]#[C-])c1ccc(C)cc1.[2H]C(=O)OC(CCCCCc1cn(C)nn1)C([N+]#[C-])c1ccc(C)cc1.[C-]#[N+]C(c1ccccc1)C(CCCCCc1cn(C)nn1)OC(C)=O. The lowest BCUT2D eigenvalue weighted by Gasteiger charge is -2.18. The van der Waals surface area contributed by atoms with Crippen molar-refractivity contribution < 1.29 is 64.0 Å². The monoisotopic (exact) mass is 2050 g/mol. The van der Waals surface area contributed by atoms with Crippen molar-refractivity contribution in [2.45, 2.75) is 307 Å². The summed E-state index contributed by atoms with van der Waals surface area (Å²) in [5.41, 5.74) is 16.3. The molecule has 36 heteroatoms. The number of hydrogen-bond acceptors (Lipinski definition) is 24. The Kier molecular flexibility index (Phi) is 52.5. The molecular weight excluding hydrogens is 1900 g/mol. The molecule has 0 amide bonds. The van der Waals surface area contributed by atoms with Gasteiger partial charge in [0.15, 0.2) is 43.5 Å². The van der Waals surface area contributed by atoms with Crippen LogP contribution in [0, 0.1) is 74.1 Å². The van der Waals surface area contributed by atoms with E-state index in [0.29, 0.717) is 38.5 Å². The molecule has 0 aliphatic carbocycles. The third-order valence-corrected chi connectivity index (χ3v) is 24.9. The lowest BCUT2D eigenvalue weighted by Crippen LogP contribution is -2.23. The van der Waals surface area contributed by atoms with Crippen molar-refractivity contribution in [3.63, 3.8) is 0 Å². The number of carbonyl (C=O) groups excluding carboxylic acids is 6. The van der Waals surface area contributed by atoms with E-state index < -0.39 is 105 Å². The van der Waals surface area contributed by atoms with E-state index >= 15 is 0 Å². The van der Waals surface area contributed by atoms with Crippen molar-refractivity contribution in [3.05, 3.63) is 353 Å². The molecule has 12 atom stereocenters. The molecule has 792 valence electrons. The molecule has 0 saturated heterocycles. The highest BCUT2D eigenvalue weighted by molar-refractivity contribution is 5.66. The zero-order valence-corrected chi connectivity index (χ0v) is 88.2. The lowest BCUT2D eigenvalue weighted by atomic mass is 9.96. The number of unbranched alkanes of at least 4 members (excludes halogenated alkanes) is 12. The average molecular weight is 2050 g/mol. The Labute approximate surface area is 889 Å². The second kappa shape index (κ2) is 69.9. The number of aryl methyl sites for hydroxylation is 17. The summed E-state index contributed by atoms with van der Waals surface area (Å²) < 4.78 is 76.9. The minimum atomic E-state index is -1.09. The van der Waals surface area contributed by atoms with E-state index in [0.717, 1.165) is 249 Å². The smallest absolute Gasteiger partial charge is 0.303 e. The Morgan fingerprint density at radius 1 is 0.267 bits per heavy atom. The molecule has 0 radical (unpaired) electrons. The molecule has 0 bridgehead atoms. The van der Waals surface area contributed by atoms with Crippen LogP contribution < -0.4 is 0 Å². The molecule has 12 aromatic rings. The number of hydrogen-bond donors (Lipinski definition) is 0. The van der Waals surface area contributed by atoms with Crippen LogP contribution in [-0.4, -0.2) is 165 Å². The fourth-order valence-electron chi connectivity index (χ4n) is 16.9. The second-order valence-corrected chi connectivity index (χ2v) is 37.2. The Hall–Kier alpha value is -16.1. The Balaban J connectivity index is 0.000000251. The molecule has 12 unspecified atom stereocenters. The Bertz CT molecular complexity index is 5710. The number of benzene rings is 6. The van der Waals surface area contributed by atoms with Crippen molar-refractivity contribution in [1.29, 1.82) is 0 Å². The predicted octanol–water partition coefficient (Wildman–Crippen LogP) is 20.7. The van der Waals surface area contributed by atoms with Crippen LogP contribution in [0.5, 0.6) is 0 Å². The predicted molar refractivity (Wildman–Crippen MR) is 568 cm³/mol. The fraction of sp³-hybridized carbons (Fsp3) is 0.474. The van der Waals surface area contributed by atoms with Crippen LogP contribution in [0.1, 0.15) is 299 Å². The standard InChI is InChI=1S/6C19H24N4O2/c1-15(24)25-18(19(20-2)16-10-6-4-7-11-16)13-9-5-8-12-17-14-23(3)22-21-17;5*1-15-9-11-16(12-10-15)19(20-2)18(25-14-24)8-6-4-5-7-17-13-23(3)22-21-17/h4,6-7,10-11,14,18-19H,5,8-9,12-13H2,1,3H3;5*9-14,18-19H,4-8H2,1,3H3/i;5*14D. The Morgan fingerprint density at radius 2 is 0.433 bits per heavy atom. The van der Waals surface area contributed by atoms with Gasteiger partial charge in [-0.05, 0) is 189 Å². The van der Waals surface area contributed by atoms with Gasteiger partial charge >= 0.3 is 5.97 Å². The van der Waals surface area contributed by atoms with Gasteiger partial charge < -0.3 is 57.5 Å². The van der Waals surface area contributed by atoms with Crippen LogP contribution in [0.4, 0.5) is 0 Å². The first-order valence-corrected chi connectivity index (χ1v) is 50.8. The minimum absolute atomic E-state index is 0.339. The lowest BCUT2D eigenvalue weighted by molar-refractivity contribution is -0.147. The van der Waals surface area contributed by atoms with E-state index in [2.05, 4.69) is 90.9 Å². The van der Waals surface area contributed by atoms with Gasteiger partial charge in [-0.3, -0.25) is 56.9 Å². The normalized spacial score (nSPS) is 13.5. The van der Waals surface area contributed by atoms with Gasteiger partial charge in [-0.2, -0.15) is 0 Å². The van der Waals surface area contributed by atoms with E-state index in [1.165, 1.54) is 6.92 Å². The summed E-state index contributed by atoms with van der Waals surface area (Å²) in [7, 11) is 11.1. The van der Waals surface area contributed by atoms with Gasteiger partial charge in [0.1, 0.15) is 0 Å². The number of esters is 1.